The van der Waals surface area contributed by atoms with Crippen molar-refractivity contribution in [3.8, 4) is 0 Å². The normalized spacial score (nSPS) is 18.0. The van der Waals surface area contributed by atoms with Gasteiger partial charge in [0.05, 0.1) is 0 Å². The number of halogens is 1. The number of aryl methyl sites for hydroxylation is 1. The molecule has 1 unspecified atom stereocenters. The van der Waals surface area contributed by atoms with E-state index in [1.807, 2.05) is 37.3 Å². The lowest BCUT2D eigenvalue weighted by atomic mass is 10.00. The van der Waals surface area contributed by atoms with E-state index in [4.69, 9.17) is 11.6 Å². The Labute approximate surface area is 142 Å². The fourth-order valence-corrected chi connectivity index (χ4v) is 3.39. The van der Waals surface area contributed by atoms with Crippen LogP contribution in [0.1, 0.15) is 38.4 Å². The van der Waals surface area contributed by atoms with Gasteiger partial charge in [0, 0.05) is 29.4 Å². The molecule has 1 N–H and O–H groups in total. The first-order chi connectivity index (χ1) is 11.2. The molecular formula is C18H23ClN4. The fraction of sp³-hybridized carbons (Fsp3) is 0.444. The van der Waals surface area contributed by atoms with Crippen molar-refractivity contribution in [2.75, 3.05) is 16.8 Å². The van der Waals surface area contributed by atoms with Gasteiger partial charge in [0.2, 0.25) is 0 Å². The number of hydrogen-bond acceptors (Lipinski definition) is 4. The van der Waals surface area contributed by atoms with Crippen molar-refractivity contribution in [3.63, 3.8) is 0 Å². The van der Waals surface area contributed by atoms with Gasteiger partial charge in [-0.1, -0.05) is 24.6 Å². The van der Waals surface area contributed by atoms with E-state index >= 15 is 0 Å². The molecule has 0 bridgehead atoms. The van der Waals surface area contributed by atoms with E-state index in [0.29, 0.717) is 11.1 Å². The van der Waals surface area contributed by atoms with Gasteiger partial charge in [-0.15, -0.1) is 0 Å². The molecule has 1 aromatic heterocycles. The van der Waals surface area contributed by atoms with Crippen LogP contribution in [0.5, 0.6) is 0 Å². The molecule has 0 spiro atoms. The lowest BCUT2D eigenvalue weighted by molar-refractivity contribution is 0.446. The van der Waals surface area contributed by atoms with Crippen LogP contribution in [-0.4, -0.2) is 22.6 Å². The molecule has 2 aromatic rings. The summed E-state index contributed by atoms with van der Waals surface area (Å²) < 4.78 is 0. The Morgan fingerprint density at radius 1 is 1.26 bits per heavy atom. The summed E-state index contributed by atoms with van der Waals surface area (Å²) in [6, 6.07) is 10.3. The van der Waals surface area contributed by atoms with Crippen LogP contribution in [0.4, 0.5) is 17.3 Å². The Hall–Kier alpha value is -1.81. The van der Waals surface area contributed by atoms with Crippen molar-refractivity contribution in [3.05, 3.63) is 41.2 Å². The van der Waals surface area contributed by atoms with E-state index < -0.39 is 0 Å². The van der Waals surface area contributed by atoms with E-state index in [2.05, 4.69) is 27.1 Å². The molecule has 5 heteroatoms. The number of nitrogens with zero attached hydrogens (tertiary/aromatic N) is 3. The molecule has 0 aliphatic carbocycles. The maximum absolute atomic E-state index is 6.05. The Kier molecular flexibility index (Phi) is 5.01. The summed E-state index contributed by atoms with van der Waals surface area (Å²) in [6.45, 7) is 5.27. The van der Waals surface area contributed by atoms with Gasteiger partial charge in [0.15, 0.2) is 0 Å². The lowest BCUT2D eigenvalue weighted by Crippen LogP contribution is -2.39. The Balaban J connectivity index is 1.86. The van der Waals surface area contributed by atoms with Crippen LogP contribution < -0.4 is 10.2 Å². The quantitative estimate of drug-likeness (QED) is 0.861. The van der Waals surface area contributed by atoms with E-state index in [1.165, 1.54) is 19.3 Å². The third kappa shape index (κ3) is 3.94. The molecular weight excluding hydrogens is 308 g/mol. The van der Waals surface area contributed by atoms with Crippen molar-refractivity contribution in [2.24, 2.45) is 0 Å². The van der Waals surface area contributed by atoms with Crippen LogP contribution in [0.25, 0.3) is 0 Å². The van der Waals surface area contributed by atoms with Crippen molar-refractivity contribution < 1.29 is 0 Å². The molecule has 1 fully saturated rings. The predicted molar refractivity (Wildman–Crippen MR) is 96.8 cm³/mol. The second kappa shape index (κ2) is 7.18. The van der Waals surface area contributed by atoms with E-state index in [9.17, 15) is 0 Å². The number of hydrogen-bond donors (Lipinski definition) is 1. The van der Waals surface area contributed by atoms with Crippen LogP contribution in [0.2, 0.25) is 5.02 Å². The van der Waals surface area contributed by atoms with Gasteiger partial charge in [-0.2, -0.15) is 0 Å². The van der Waals surface area contributed by atoms with Crippen molar-refractivity contribution in [2.45, 2.75) is 45.6 Å². The first-order valence-electron chi connectivity index (χ1n) is 8.30. The summed E-state index contributed by atoms with van der Waals surface area (Å²) in [4.78, 5) is 11.6. The maximum Gasteiger partial charge on any atom is 0.136 e. The minimum Gasteiger partial charge on any atom is -0.353 e. The molecule has 1 aromatic carbocycles. The topological polar surface area (TPSA) is 41.0 Å². The molecule has 122 valence electrons. The van der Waals surface area contributed by atoms with Crippen LogP contribution >= 0.6 is 11.6 Å². The number of aromatic nitrogens is 2. The average molecular weight is 331 g/mol. The molecule has 0 saturated carbocycles. The number of rotatable bonds is 4. The molecule has 0 amide bonds. The van der Waals surface area contributed by atoms with Gasteiger partial charge in [0.25, 0.3) is 0 Å². The summed E-state index contributed by atoms with van der Waals surface area (Å²) in [6.07, 6.45) is 4.94. The van der Waals surface area contributed by atoms with Gasteiger partial charge in [-0.3, -0.25) is 0 Å². The van der Waals surface area contributed by atoms with Gasteiger partial charge >= 0.3 is 0 Å². The summed E-state index contributed by atoms with van der Waals surface area (Å²) in [7, 11) is 0. The summed E-state index contributed by atoms with van der Waals surface area (Å²) >= 11 is 6.05. The van der Waals surface area contributed by atoms with Crippen molar-refractivity contribution in [1.29, 1.82) is 0 Å². The van der Waals surface area contributed by atoms with E-state index in [-0.39, 0.29) is 0 Å². The molecule has 1 atom stereocenters. The fourth-order valence-electron chi connectivity index (χ4n) is 3.20. The third-order valence-corrected chi connectivity index (χ3v) is 4.55. The monoisotopic (exact) mass is 330 g/mol. The summed E-state index contributed by atoms with van der Waals surface area (Å²) in [5.74, 6) is 2.62. The van der Waals surface area contributed by atoms with Crippen molar-refractivity contribution in [1.82, 2.24) is 9.97 Å². The van der Waals surface area contributed by atoms with Gasteiger partial charge < -0.3 is 10.2 Å². The second-order valence-corrected chi connectivity index (χ2v) is 6.48. The largest absolute Gasteiger partial charge is 0.353 e. The summed E-state index contributed by atoms with van der Waals surface area (Å²) in [5.41, 5.74) is 0.937. The number of nitrogens with one attached hydrogen (secondary N) is 1. The predicted octanol–water partition coefficient (Wildman–Crippen LogP) is 4.95. The second-order valence-electron chi connectivity index (χ2n) is 6.05. The molecule has 3 rings (SSSR count). The zero-order chi connectivity index (χ0) is 16.2. The smallest absolute Gasteiger partial charge is 0.136 e. The molecule has 1 aliphatic rings. The standard InChI is InChI=1S/C18H23ClN4/c1-3-16-9-4-5-10-23(16)18-12-17(20-13(2)21-18)22-15-8-6-7-14(19)11-15/h6-8,11-12,16H,3-5,9-10H2,1-2H3,(H,20,21,22). The minimum absolute atomic E-state index is 0.581. The Morgan fingerprint density at radius 2 is 2.13 bits per heavy atom. The highest BCUT2D eigenvalue weighted by molar-refractivity contribution is 6.30. The Bertz CT molecular complexity index is 674. The highest BCUT2D eigenvalue weighted by atomic mass is 35.5. The van der Waals surface area contributed by atoms with E-state index in [1.54, 1.807) is 0 Å². The minimum atomic E-state index is 0.581. The average Bonchev–Trinajstić information content (AvgIpc) is 2.54. The number of benzene rings is 1. The molecule has 1 saturated heterocycles. The number of anilines is 3. The molecule has 0 radical (unpaired) electrons. The molecule has 4 nitrogen and oxygen atoms in total. The van der Waals surface area contributed by atoms with Crippen LogP contribution in [0.15, 0.2) is 30.3 Å². The van der Waals surface area contributed by atoms with Gasteiger partial charge in [0.1, 0.15) is 17.5 Å². The molecule has 2 heterocycles. The highest BCUT2D eigenvalue weighted by Crippen LogP contribution is 2.27. The van der Waals surface area contributed by atoms with Crippen LogP contribution in [-0.2, 0) is 0 Å². The number of piperidine rings is 1. The summed E-state index contributed by atoms with van der Waals surface area (Å²) in [5, 5.41) is 4.05. The highest BCUT2D eigenvalue weighted by Gasteiger charge is 2.22. The zero-order valence-corrected chi connectivity index (χ0v) is 14.5. The third-order valence-electron chi connectivity index (χ3n) is 4.31. The van der Waals surface area contributed by atoms with Gasteiger partial charge in [-0.05, 0) is 50.8 Å². The van der Waals surface area contributed by atoms with Crippen molar-refractivity contribution >= 4 is 28.9 Å². The Morgan fingerprint density at radius 3 is 2.91 bits per heavy atom. The molecule has 23 heavy (non-hydrogen) atoms. The lowest BCUT2D eigenvalue weighted by Gasteiger charge is -2.36. The van der Waals surface area contributed by atoms with Crippen LogP contribution in [0.3, 0.4) is 0 Å². The van der Waals surface area contributed by atoms with E-state index in [0.717, 1.165) is 36.1 Å². The first-order valence-corrected chi connectivity index (χ1v) is 8.68. The molecule has 1 aliphatic heterocycles. The van der Waals surface area contributed by atoms with Gasteiger partial charge in [-0.25, -0.2) is 9.97 Å². The van der Waals surface area contributed by atoms with Crippen LogP contribution in [0, 0.1) is 6.92 Å². The SMILES string of the molecule is CCC1CCCCN1c1cc(Nc2cccc(Cl)c2)nc(C)n1. The first kappa shape index (κ1) is 16.1. The zero-order valence-electron chi connectivity index (χ0n) is 13.7. The maximum atomic E-state index is 6.05.